The van der Waals surface area contributed by atoms with E-state index >= 15 is 0 Å². The van der Waals surface area contributed by atoms with E-state index in [0.717, 1.165) is 0 Å². The van der Waals surface area contributed by atoms with Crippen LogP contribution in [-0.2, 0) is 4.79 Å². The number of carboxylic acid groups (broad SMARTS) is 1. The number of aliphatic carboxylic acids is 1. The molecule has 0 saturated heterocycles. The molecule has 0 aliphatic carbocycles. The predicted octanol–water partition coefficient (Wildman–Crippen LogP) is 0.459. The van der Waals surface area contributed by atoms with E-state index in [1.54, 1.807) is 6.07 Å². The van der Waals surface area contributed by atoms with Crippen LogP contribution in [0.1, 0.15) is 5.56 Å². The third-order valence-electron chi connectivity index (χ3n) is 1.94. The van der Waals surface area contributed by atoms with Crippen molar-refractivity contribution in [1.29, 1.82) is 0 Å². The van der Waals surface area contributed by atoms with Crippen LogP contribution in [0.4, 0.5) is 5.69 Å². The zero-order valence-corrected chi connectivity index (χ0v) is 8.68. The summed E-state index contributed by atoms with van der Waals surface area (Å²) in [5, 5.41) is 27.8. The van der Waals surface area contributed by atoms with E-state index in [9.17, 15) is 14.9 Å². The molecule has 1 unspecified atom stereocenters. The molecule has 7 heteroatoms. The first-order valence-corrected chi connectivity index (χ1v) is 4.66. The number of carboxylic acids is 1. The summed E-state index contributed by atoms with van der Waals surface area (Å²) in [6.45, 7) is -0.624. The van der Waals surface area contributed by atoms with Crippen LogP contribution in [0, 0.1) is 10.1 Å². The number of nitro groups is 1. The van der Waals surface area contributed by atoms with Crippen LogP contribution < -0.4 is 0 Å². The van der Waals surface area contributed by atoms with E-state index < -0.39 is 23.5 Å². The summed E-state index contributed by atoms with van der Waals surface area (Å²) in [7, 11) is 0. The standard InChI is InChI=1S/C10H10N2O5/c13-6-9(10(14)15)11-5-7-2-1-3-8(4-7)12(16)17/h1-5,9,13H,6H2,(H,14,15). The second-order valence-electron chi connectivity index (χ2n) is 3.17. The number of hydrogen-bond acceptors (Lipinski definition) is 5. The van der Waals surface area contributed by atoms with Crippen LogP contribution in [0.5, 0.6) is 0 Å². The first-order chi connectivity index (χ1) is 8.04. The van der Waals surface area contributed by atoms with Gasteiger partial charge in [0.05, 0.1) is 11.5 Å². The summed E-state index contributed by atoms with van der Waals surface area (Å²) in [6, 6.07) is 4.34. The van der Waals surface area contributed by atoms with Gasteiger partial charge in [0.1, 0.15) is 0 Å². The minimum absolute atomic E-state index is 0.107. The Bertz CT molecular complexity index is 458. The highest BCUT2D eigenvalue weighted by Gasteiger charge is 2.13. The molecule has 0 aromatic heterocycles. The smallest absolute Gasteiger partial charge is 0.330 e. The number of rotatable bonds is 5. The van der Waals surface area contributed by atoms with Gasteiger partial charge in [-0.2, -0.15) is 0 Å². The molecule has 90 valence electrons. The van der Waals surface area contributed by atoms with Gasteiger partial charge in [-0.15, -0.1) is 0 Å². The monoisotopic (exact) mass is 238 g/mol. The number of aliphatic imine (C=N–C) groups is 1. The highest BCUT2D eigenvalue weighted by molar-refractivity contribution is 5.84. The molecule has 0 fully saturated rings. The van der Waals surface area contributed by atoms with Gasteiger partial charge < -0.3 is 10.2 Å². The lowest BCUT2D eigenvalue weighted by atomic mass is 10.2. The fourth-order valence-electron chi connectivity index (χ4n) is 1.08. The number of non-ortho nitro benzene ring substituents is 1. The second kappa shape index (κ2) is 5.71. The van der Waals surface area contributed by atoms with Crippen LogP contribution in [-0.4, -0.2) is 40.0 Å². The molecule has 0 aliphatic heterocycles. The zero-order valence-electron chi connectivity index (χ0n) is 8.68. The Balaban J connectivity index is 2.87. The van der Waals surface area contributed by atoms with Gasteiger partial charge in [-0.3, -0.25) is 15.1 Å². The van der Waals surface area contributed by atoms with Gasteiger partial charge in [-0.25, -0.2) is 4.79 Å². The molecule has 0 radical (unpaired) electrons. The fourth-order valence-corrected chi connectivity index (χ4v) is 1.08. The van der Waals surface area contributed by atoms with Gasteiger partial charge in [0.15, 0.2) is 6.04 Å². The normalized spacial score (nSPS) is 12.5. The lowest BCUT2D eigenvalue weighted by molar-refractivity contribution is -0.384. The SMILES string of the molecule is O=C(O)C(CO)N=Cc1cccc([N+](=O)[O-])c1. The number of carbonyl (C=O) groups is 1. The van der Waals surface area contributed by atoms with Crippen molar-refractivity contribution in [3.63, 3.8) is 0 Å². The summed E-state index contributed by atoms with van der Waals surface area (Å²) in [5.41, 5.74) is 0.295. The van der Waals surface area contributed by atoms with Crippen LogP contribution in [0.25, 0.3) is 0 Å². The maximum Gasteiger partial charge on any atom is 0.330 e. The Morgan fingerprint density at radius 2 is 2.29 bits per heavy atom. The molecule has 2 N–H and O–H groups in total. The quantitative estimate of drug-likeness (QED) is 0.439. The molecule has 0 spiro atoms. The second-order valence-corrected chi connectivity index (χ2v) is 3.17. The van der Waals surface area contributed by atoms with Gasteiger partial charge in [-0.1, -0.05) is 12.1 Å². The minimum Gasteiger partial charge on any atom is -0.480 e. The van der Waals surface area contributed by atoms with E-state index in [-0.39, 0.29) is 5.69 Å². The van der Waals surface area contributed by atoms with Gasteiger partial charge in [0, 0.05) is 18.3 Å². The Morgan fingerprint density at radius 3 is 2.82 bits per heavy atom. The number of aliphatic hydroxyl groups is 1. The van der Waals surface area contributed by atoms with E-state index in [1.807, 2.05) is 0 Å². The zero-order chi connectivity index (χ0) is 12.8. The van der Waals surface area contributed by atoms with Crippen molar-refractivity contribution in [2.24, 2.45) is 4.99 Å². The van der Waals surface area contributed by atoms with Crippen molar-refractivity contribution in [2.75, 3.05) is 6.61 Å². The summed E-state index contributed by atoms with van der Waals surface area (Å²) in [4.78, 5) is 24.1. The van der Waals surface area contributed by atoms with Gasteiger partial charge in [0.2, 0.25) is 0 Å². The highest BCUT2D eigenvalue weighted by atomic mass is 16.6. The number of nitro benzene ring substituents is 1. The number of hydrogen-bond donors (Lipinski definition) is 2. The first kappa shape index (κ1) is 12.8. The lowest BCUT2D eigenvalue weighted by Gasteiger charge is -2.01. The van der Waals surface area contributed by atoms with Crippen LogP contribution in [0.2, 0.25) is 0 Å². The minimum atomic E-state index is -1.26. The topological polar surface area (TPSA) is 113 Å². The van der Waals surface area contributed by atoms with E-state index in [1.165, 1.54) is 24.4 Å². The van der Waals surface area contributed by atoms with Crippen molar-refractivity contribution in [1.82, 2.24) is 0 Å². The average molecular weight is 238 g/mol. The fraction of sp³-hybridized carbons (Fsp3) is 0.200. The maximum atomic E-state index is 10.5. The molecule has 1 aromatic rings. The van der Waals surface area contributed by atoms with E-state index in [2.05, 4.69) is 4.99 Å². The van der Waals surface area contributed by atoms with Crippen molar-refractivity contribution in [2.45, 2.75) is 6.04 Å². The van der Waals surface area contributed by atoms with Crippen LogP contribution >= 0.6 is 0 Å². The Labute approximate surface area is 96.2 Å². The molecule has 1 aromatic carbocycles. The Hall–Kier alpha value is -2.28. The molecule has 17 heavy (non-hydrogen) atoms. The van der Waals surface area contributed by atoms with Crippen molar-refractivity contribution < 1.29 is 19.9 Å². The molecule has 0 aliphatic rings. The van der Waals surface area contributed by atoms with Gasteiger partial charge in [-0.05, 0) is 5.56 Å². The molecule has 1 rings (SSSR count). The average Bonchev–Trinajstić information content (AvgIpc) is 2.29. The Kier molecular flexibility index (Phi) is 4.29. The lowest BCUT2D eigenvalue weighted by Crippen LogP contribution is -2.22. The highest BCUT2D eigenvalue weighted by Crippen LogP contribution is 2.11. The predicted molar refractivity (Wildman–Crippen MR) is 59.2 cm³/mol. The van der Waals surface area contributed by atoms with Gasteiger partial charge >= 0.3 is 5.97 Å². The molecule has 1 atom stereocenters. The summed E-state index contributed by atoms with van der Waals surface area (Å²) >= 11 is 0. The summed E-state index contributed by atoms with van der Waals surface area (Å²) in [6.07, 6.45) is 1.18. The summed E-state index contributed by atoms with van der Waals surface area (Å²) in [5.74, 6) is -1.26. The Morgan fingerprint density at radius 1 is 1.59 bits per heavy atom. The maximum absolute atomic E-state index is 10.5. The summed E-state index contributed by atoms with van der Waals surface area (Å²) < 4.78 is 0. The molecular weight excluding hydrogens is 228 g/mol. The molecule has 0 heterocycles. The van der Waals surface area contributed by atoms with Crippen molar-refractivity contribution in [3.05, 3.63) is 39.9 Å². The molecular formula is C10H10N2O5. The number of benzene rings is 1. The van der Waals surface area contributed by atoms with E-state index in [0.29, 0.717) is 5.56 Å². The van der Waals surface area contributed by atoms with Gasteiger partial charge in [0.25, 0.3) is 5.69 Å². The van der Waals surface area contributed by atoms with Crippen LogP contribution in [0.15, 0.2) is 29.3 Å². The third kappa shape index (κ3) is 3.65. The largest absolute Gasteiger partial charge is 0.480 e. The van der Waals surface area contributed by atoms with Crippen LogP contribution in [0.3, 0.4) is 0 Å². The first-order valence-electron chi connectivity index (χ1n) is 4.66. The van der Waals surface area contributed by atoms with Crippen molar-refractivity contribution >= 4 is 17.9 Å². The van der Waals surface area contributed by atoms with Crippen molar-refractivity contribution in [3.8, 4) is 0 Å². The number of aliphatic hydroxyl groups excluding tert-OH is 1. The molecule has 0 amide bonds. The number of nitrogens with zero attached hydrogens (tertiary/aromatic N) is 2. The molecule has 0 saturated carbocycles. The van der Waals surface area contributed by atoms with E-state index in [4.69, 9.17) is 10.2 Å². The molecule has 7 nitrogen and oxygen atoms in total. The molecule has 0 bridgehead atoms. The third-order valence-corrected chi connectivity index (χ3v) is 1.94.